The normalized spacial score (nSPS) is 21.8. The maximum Gasteiger partial charge on any atom is 0.411 e. The molecule has 0 fully saturated rings. The third-order valence-electron chi connectivity index (χ3n) is 3.37. The molecule has 0 aliphatic carbocycles. The molecule has 112 valence electrons. The van der Waals surface area contributed by atoms with Gasteiger partial charge in [0.05, 0.1) is 5.56 Å². The Bertz CT molecular complexity index is 664. The van der Waals surface area contributed by atoms with Crippen LogP contribution >= 0.6 is 0 Å². The van der Waals surface area contributed by atoms with Crippen LogP contribution < -0.4 is 5.32 Å². The summed E-state index contributed by atoms with van der Waals surface area (Å²) in [5.41, 5.74) is 0.0785. The van der Waals surface area contributed by atoms with Gasteiger partial charge >= 0.3 is 6.18 Å². The molecule has 1 aliphatic rings. The van der Waals surface area contributed by atoms with Crippen LogP contribution in [-0.4, -0.2) is 27.0 Å². The minimum Gasteiger partial charge on any atom is -0.352 e. The van der Waals surface area contributed by atoms with Gasteiger partial charge in [-0.3, -0.25) is 0 Å². The summed E-state index contributed by atoms with van der Waals surface area (Å²) in [6, 6.07) is 3.58. The lowest BCUT2D eigenvalue weighted by molar-refractivity contribution is -0.173. The fourth-order valence-corrected chi connectivity index (χ4v) is 2.38. The van der Waals surface area contributed by atoms with E-state index >= 15 is 0 Å². The van der Waals surface area contributed by atoms with Crippen molar-refractivity contribution in [1.29, 1.82) is 0 Å². The van der Waals surface area contributed by atoms with Gasteiger partial charge in [-0.1, -0.05) is 12.1 Å². The lowest BCUT2D eigenvalue weighted by Gasteiger charge is -2.30. The number of nitrogens with one attached hydrogen (secondary N) is 1. The zero-order valence-corrected chi connectivity index (χ0v) is 11.0. The first-order valence-electron chi connectivity index (χ1n) is 6.41. The van der Waals surface area contributed by atoms with Crippen LogP contribution in [0.2, 0.25) is 0 Å². The van der Waals surface area contributed by atoms with E-state index in [0.29, 0.717) is 0 Å². The van der Waals surface area contributed by atoms with Gasteiger partial charge in [0.15, 0.2) is 11.9 Å². The molecule has 0 amide bonds. The van der Waals surface area contributed by atoms with Crippen molar-refractivity contribution in [1.82, 2.24) is 14.8 Å². The molecule has 0 saturated heterocycles. The van der Waals surface area contributed by atoms with Gasteiger partial charge in [-0.25, -0.2) is 9.07 Å². The van der Waals surface area contributed by atoms with Crippen LogP contribution in [-0.2, 0) is 0 Å². The Hall–Kier alpha value is -2.12. The minimum atomic E-state index is -4.43. The molecule has 1 aromatic carbocycles. The molecule has 2 heterocycles. The Balaban J connectivity index is 2.08. The van der Waals surface area contributed by atoms with Gasteiger partial charge in [-0.05, 0) is 25.5 Å². The number of hydrogen-bond acceptors (Lipinski definition) is 3. The Morgan fingerprint density at radius 3 is 2.67 bits per heavy atom. The van der Waals surface area contributed by atoms with Gasteiger partial charge in [0.2, 0.25) is 5.95 Å². The summed E-state index contributed by atoms with van der Waals surface area (Å²) >= 11 is 0. The number of halogens is 4. The Labute approximate surface area is 117 Å². The summed E-state index contributed by atoms with van der Waals surface area (Å²) in [5, 5.41) is 6.69. The van der Waals surface area contributed by atoms with E-state index in [4.69, 9.17) is 0 Å². The highest BCUT2D eigenvalue weighted by atomic mass is 19.4. The highest BCUT2D eigenvalue weighted by Crippen LogP contribution is 2.39. The van der Waals surface area contributed by atoms with E-state index < -0.39 is 18.0 Å². The number of alkyl halides is 3. The lowest BCUT2D eigenvalue weighted by Crippen LogP contribution is -2.38. The first-order chi connectivity index (χ1) is 9.86. The number of fused-ring (bicyclic) bond motifs is 1. The Morgan fingerprint density at radius 2 is 2.00 bits per heavy atom. The Morgan fingerprint density at radius 1 is 1.29 bits per heavy atom. The van der Waals surface area contributed by atoms with Crippen molar-refractivity contribution in [3.63, 3.8) is 0 Å². The van der Waals surface area contributed by atoms with Crippen LogP contribution in [0.5, 0.6) is 0 Å². The van der Waals surface area contributed by atoms with E-state index in [0.717, 1.165) is 4.68 Å². The molecule has 1 aliphatic heterocycles. The van der Waals surface area contributed by atoms with Crippen molar-refractivity contribution < 1.29 is 17.6 Å². The quantitative estimate of drug-likeness (QED) is 0.821. The van der Waals surface area contributed by atoms with Crippen LogP contribution in [0.4, 0.5) is 23.5 Å². The molecular formula is C13H12F4N4. The average molecular weight is 300 g/mol. The number of hydrogen-bond donors (Lipinski definition) is 1. The van der Waals surface area contributed by atoms with Crippen LogP contribution in [0.1, 0.15) is 19.4 Å². The first kappa shape index (κ1) is 13.8. The fourth-order valence-electron chi connectivity index (χ4n) is 2.38. The van der Waals surface area contributed by atoms with Crippen molar-refractivity contribution in [3.05, 3.63) is 30.1 Å². The Kier molecular flexibility index (Phi) is 3.11. The summed E-state index contributed by atoms with van der Waals surface area (Å²) in [5.74, 6) is -0.620. The molecule has 4 nitrogen and oxygen atoms in total. The summed E-state index contributed by atoms with van der Waals surface area (Å²) in [6.07, 6.45) is -4.57. The van der Waals surface area contributed by atoms with Crippen molar-refractivity contribution in [2.45, 2.75) is 31.6 Å². The van der Waals surface area contributed by atoms with Crippen LogP contribution in [0.3, 0.4) is 0 Å². The van der Waals surface area contributed by atoms with E-state index in [1.54, 1.807) is 13.0 Å². The third kappa shape index (κ3) is 2.45. The molecular weight excluding hydrogens is 288 g/mol. The standard InChI is InChI=1S/C13H12F4N4/c1-7-6-10(13(15,16)17)21-12(18-7)19-11(20-21)8-4-2-3-5-9(8)14/h2-5,7,10H,6H2,1H3,(H,18,19,20). The summed E-state index contributed by atoms with van der Waals surface area (Å²) in [4.78, 5) is 4.00. The predicted molar refractivity (Wildman–Crippen MR) is 68.2 cm³/mol. The fraction of sp³-hybridized carbons (Fsp3) is 0.385. The number of aromatic nitrogens is 3. The molecule has 0 bridgehead atoms. The maximum absolute atomic E-state index is 13.7. The van der Waals surface area contributed by atoms with Gasteiger partial charge in [0, 0.05) is 6.04 Å². The van der Waals surface area contributed by atoms with Crippen LogP contribution in [0.15, 0.2) is 24.3 Å². The number of nitrogens with zero attached hydrogens (tertiary/aromatic N) is 3. The molecule has 1 N–H and O–H groups in total. The lowest BCUT2D eigenvalue weighted by atomic mass is 10.1. The largest absolute Gasteiger partial charge is 0.411 e. The number of benzene rings is 1. The zero-order chi connectivity index (χ0) is 15.2. The van der Waals surface area contributed by atoms with Crippen molar-refractivity contribution in [2.75, 3.05) is 5.32 Å². The van der Waals surface area contributed by atoms with Gasteiger partial charge in [-0.2, -0.15) is 18.2 Å². The topological polar surface area (TPSA) is 42.7 Å². The van der Waals surface area contributed by atoms with Gasteiger partial charge in [0.25, 0.3) is 0 Å². The molecule has 2 atom stereocenters. The van der Waals surface area contributed by atoms with E-state index in [-0.39, 0.29) is 29.8 Å². The SMILES string of the molecule is CC1CC(C(F)(F)F)n2nc(-c3ccccc3F)nc2N1. The van der Waals surface area contributed by atoms with Crippen molar-refractivity contribution in [3.8, 4) is 11.4 Å². The highest BCUT2D eigenvalue weighted by Gasteiger charge is 2.46. The monoisotopic (exact) mass is 300 g/mol. The zero-order valence-electron chi connectivity index (χ0n) is 11.0. The average Bonchev–Trinajstić information content (AvgIpc) is 2.80. The van der Waals surface area contributed by atoms with Gasteiger partial charge in [0.1, 0.15) is 5.82 Å². The third-order valence-corrected chi connectivity index (χ3v) is 3.37. The second-order valence-electron chi connectivity index (χ2n) is 5.02. The molecule has 8 heteroatoms. The maximum atomic E-state index is 13.7. The van der Waals surface area contributed by atoms with Crippen LogP contribution in [0.25, 0.3) is 11.4 Å². The molecule has 3 rings (SSSR count). The molecule has 21 heavy (non-hydrogen) atoms. The van der Waals surface area contributed by atoms with Gasteiger partial charge in [-0.15, -0.1) is 5.10 Å². The van der Waals surface area contributed by atoms with E-state index in [1.807, 2.05) is 0 Å². The minimum absolute atomic E-state index is 0.00864. The second-order valence-corrected chi connectivity index (χ2v) is 5.02. The summed E-state index contributed by atoms with van der Waals surface area (Å²) in [6.45, 7) is 1.64. The molecule has 0 radical (unpaired) electrons. The van der Waals surface area contributed by atoms with E-state index in [9.17, 15) is 17.6 Å². The molecule has 2 unspecified atom stereocenters. The van der Waals surface area contributed by atoms with Gasteiger partial charge < -0.3 is 5.32 Å². The number of rotatable bonds is 1. The summed E-state index contributed by atoms with van der Waals surface area (Å²) in [7, 11) is 0. The number of anilines is 1. The van der Waals surface area contributed by atoms with E-state index in [1.165, 1.54) is 18.2 Å². The smallest absolute Gasteiger partial charge is 0.352 e. The molecule has 0 saturated carbocycles. The predicted octanol–water partition coefficient (Wildman–Crippen LogP) is 3.39. The molecule has 2 aromatic rings. The first-order valence-corrected chi connectivity index (χ1v) is 6.41. The van der Waals surface area contributed by atoms with Crippen molar-refractivity contribution in [2.24, 2.45) is 0 Å². The molecule has 1 aromatic heterocycles. The highest BCUT2D eigenvalue weighted by molar-refractivity contribution is 5.57. The van der Waals surface area contributed by atoms with Crippen molar-refractivity contribution >= 4 is 5.95 Å². The van der Waals surface area contributed by atoms with Crippen LogP contribution in [0, 0.1) is 5.82 Å². The molecule has 0 spiro atoms. The summed E-state index contributed by atoms with van der Waals surface area (Å²) < 4.78 is 53.8. The second kappa shape index (κ2) is 4.71. The van der Waals surface area contributed by atoms with E-state index in [2.05, 4.69) is 15.4 Å².